The topological polar surface area (TPSA) is 112 Å². The second kappa shape index (κ2) is 6.81. The normalized spacial score (nSPS) is 9.64. The first-order valence-corrected chi connectivity index (χ1v) is 2.84. The van der Waals surface area contributed by atoms with Gasteiger partial charge in [-0.3, -0.25) is 5.41 Å². The molecule has 6 nitrogen and oxygen atoms in total. The molecule has 0 aliphatic heterocycles. The lowest BCUT2D eigenvalue weighted by atomic mass is 10.8. The second-order valence-corrected chi connectivity index (χ2v) is 1.75. The van der Waals surface area contributed by atoms with Crippen molar-refractivity contribution in [3.8, 4) is 0 Å². The Bertz CT molecular complexity index is 142. The van der Waals surface area contributed by atoms with Crippen LogP contribution in [0.4, 0.5) is 0 Å². The van der Waals surface area contributed by atoms with Crippen LogP contribution in [0.25, 0.3) is 0 Å². The van der Waals surface area contributed by atoms with Crippen LogP contribution in [0.1, 0.15) is 0 Å². The minimum Gasteiger partial charge on any atom is -0.400 e. The standard InChI is InChI=1S/C4H11N5.CH4O/c1-9(2)4(7)8-3(5)6;1-2/h1-2H3,(H5,5,6,7,8);2H,1H3. The molecule has 66 valence electrons. The third-order valence-corrected chi connectivity index (χ3v) is 0.693. The Labute approximate surface area is 66.0 Å². The number of nitrogens with two attached hydrogens (primary N) is 2. The van der Waals surface area contributed by atoms with Crippen LogP contribution in [0.5, 0.6) is 0 Å². The summed E-state index contributed by atoms with van der Waals surface area (Å²) in [5.74, 6) is -0.0382. The lowest BCUT2D eigenvalue weighted by molar-refractivity contribution is 0.399. The number of guanidine groups is 2. The fourth-order valence-corrected chi connectivity index (χ4v) is 0.223. The summed E-state index contributed by atoms with van der Waals surface area (Å²) >= 11 is 0. The molecule has 0 aromatic rings. The van der Waals surface area contributed by atoms with Crippen molar-refractivity contribution >= 4 is 11.9 Å². The van der Waals surface area contributed by atoms with Gasteiger partial charge in [0.2, 0.25) is 5.96 Å². The number of aliphatic imine (C=N–C) groups is 1. The Morgan fingerprint density at radius 1 is 1.36 bits per heavy atom. The molecular formula is C5H15N5O. The average molecular weight is 161 g/mol. The predicted octanol–water partition coefficient (Wildman–Crippen LogP) is -1.64. The number of hydrogen-bond acceptors (Lipinski definition) is 2. The van der Waals surface area contributed by atoms with E-state index in [0.29, 0.717) is 0 Å². The molecule has 0 radical (unpaired) electrons. The molecule has 0 fully saturated rings. The highest BCUT2D eigenvalue weighted by atomic mass is 16.2. The van der Waals surface area contributed by atoms with E-state index in [0.717, 1.165) is 7.11 Å². The smallest absolute Gasteiger partial charge is 0.215 e. The monoisotopic (exact) mass is 161 g/mol. The lowest BCUT2D eigenvalue weighted by Crippen LogP contribution is -2.32. The molecule has 0 amide bonds. The highest BCUT2D eigenvalue weighted by Gasteiger charge is 1.92. The summed E-state index contributed by atoms with van der Waals surface area (Å²) in [7, 11) is 4.45. The van der Waals surface area contributed by atoms with Crippen molar-refractivity contribution in [3.05, 3.63) is 0 Å². The number of rotatable bonds is 0. The summed E-state index contributed by atoms with van der Waals surface area (Å²) < 4.78 is 0. The fraction of sp³-hybridized carbons (Fsp3) is 0.600. The molecule has 0 aliphatic carbocycles. The molecule has 0 aromatic heterocycles. The van der Waals surface area contributed by atoms with Gasteiger partial charge in [-0.1, -0.05) is 0 Å². The van der Waals surface area contributed by atoms with Crippen LogP contribution in [0, 0.1) is 5.41 Å². The zero-order chi connectivity index (χ0) is 9.44. The van der Waals surface area contributed by atoms with Crippen LogP contribution in [0.2, 0.25) is 0 Å². The van der Waals surface area contributed by atoms with Gasteiger partial charge in [0.15, 0.2) is 5.96 Å². The molecule has 0 bridgehead atoms. The fourth-order valence-electron chi connectivity index (χ4n) is 0.223. The molecule has 0 heterocycles. The summed E-state index contributed by atoms with van der Waals surface area (Å²) in [6.07, 6.45) is 0. The van der Waals surface area contributed by atoms with Crippen molar-refractivity contribution in [1.82, 2.24) is 4.90 Å². The van der Waals surface area contributed by atoms with Crippen molar-refractivity contribution in [3.63, 3.8) is 0 Å². The number of hydrogen-bond donors (Lipinski definition) is 4. The minimum atomic E-state index is -0.277. The van der Waals surface area contributed by atoms with Gasteiger partial charge in [0, 0.05) is 21.2 Å². The number of aliphatic hydroxyl groups excluding tert-OH is 1. The number of nitrogens with one attached hydrogen (secondary N) is 1. The molecule has 0 rings (SSSR count). The summed E-state index contributed by atoms with van der Waals surface area (Å²) in [4.78, 5) is 5.03. The minimum absolute atomic E-state index is 0.238. The summed E-state index contributed by atoms with van der Waals surface area (Å²) in [6.45, 7) is 0. The average Bonchev–Trinajstić information content (AvgIpc) is 1.90. The zero-order valence-electron chi connectivity index (χ0n) is 7.00. The van der Waals surface area contributed by atoms with E-state index in [2.05, 4.69) is 4.99 Å². The molecule has 0 spiro atoms. The van der Waals surface area contributed by atoms with Gasteiger partial charge in [-0.2, -0.15) is 4.99 Å². The van der Waals surface area contributed by atoms with E-state index in [9.17, 15) is 0 Å². The molecule has 11 heavy (non-hydrogen) atoms. The Balaban J connectivity index is 0. The first-order valence-electron chi connectivity index (χ1n) is 2.84. The quantitative estimate of drug-likeness (QED) is 0.252. The molecular weight excluding hydrogens is 146 g/mol. The van der Waals surface area contributed by atoms with Crippen molar-refractivity contribution < 1.29 is 5.11 Å². The van der Waals surface area contributed by atoms with E-state index in [1.165, 1.54) is 0 Å². The van der Waals surface area contributed by atoms with E-state index >= 15 is 0 Å². The Kier molecular flexibility index (Phi) is 7.67. The van der Waals surface area contributed by atoms with E-state index in [-0.39, 0.29) is 11.9 Å². The lowest BCUT2D eigenvalue weighted by Gasteiger charge is -2.08. The molecule has 6 heteroatoms. The Morgan fingerprint density at radius 2 is 1.73 bits per heavy atom. The van der Waals surface area contributed by atoms with Gasteiger partial charge in [-0.05, 0) is 0 Å². The summed E-state index contributed by atoms with van der Waals surface area (Å²) in [5, 5.41) is 13.7. The van der Waals surface area contributed by atoms with E-state index in [4.69, 9.17) is 22.0 Å². The van der Waals surface area contributed by atoms with Crippen molar-refractivity contribution in [2.24, 2.45) is 16.5 Å². The van der Waals surface area contributed by atoms with E-state index in [1.807, 2.05) is 0 Å². The van der Waals surface area contributed by atoms with Gasteiger partial charge in [-0.15, -0.1) is 0 Å². The summed E-state index contributed by atoms with van der Waals surface area (Å²) in [6, 6.07) is 0. The molecule has 0 aliphatic rings. The van der Waals surface area contributed by atoms with Gasteiger partial charge < -0.3 is 21.5 Å². The van der Waals surface area contributed by atoms with Crippen LogP contribution in [-0.2, 0) is 0 Å². The largest absolute Gasteiger partial charge is 0.400 e. The Hall–Kier alpha value is -1.30. The number of nitrogens with zero attached hydrogens (tertiary/aromatic N) is 2. The van der Waals surface area contributed by atoms with Crippen LogP contribution < -0.4 is 11.5 Å². The number of aliphatic hydroxyl groups is 1. The molecule has 0 unspecified atom stereocenters. The molecule has 0 aromatic carbocycles. The maximum atomic E-state index is 7.00. The third-order valence-electron chi connectivity index (χ3n) is 0.693. The molecule has 0 saturated heterocycles. The van der Waals surface area contributed by atoms with E-state index < -0.39 is 0 Å². The molecule has 0 saturated carbocycles. The first-order chi connectivity index (χ1) is 5.04. The first kappa shape index (κ1) is 12.4. The molecule has 6 N–H and O–H groups in total. The highest BCUT2D eigenvalue weighted by molar-refractivity contribution is 5.91. The van der Waals surface area contributed by atoms with Gasteiger partial charge in [0.1, 0.15) is 0 Å². The van der Waals surface area contributed by atoms with Gasteiger partial charge in [0.25, 0.3) is 0 Å². The maximum absolute atomic E-state index is 7.00. The predicted molar refractivity (Wildman–Crippen MR) is 45.4 cm³/mol. The third kappa shape index (κ3) is 8.70. The van der Waals surface area contributed by atoms with Gasteiger partial charge >= 0.3 is 0 Å². The zero-order valence-corrected chi connectivity index (χ0v) is 7.00. The van der Waals surface area contributed by atoms with E-state index in [1.54, 1.807) is 19.0 Å². The van der Waals surface area contributed by atoms with Crippen LogP contribution in [0.3, 0.4) is 0 Å². The van der Waals surface area contributed by atoms with Crippen LogP contribution >= 0.6 is 0 Å². The van der Waals surface area contributed by atoms with Crippen molar-refractivity contribution in [2.45, 2.75) is 0 Å². The second-order valence-electron chi connectivity index (χ2n) is 1.75. The van der Waals surface area contributed by atoms with Crippen LogP contribution in [0.15, 0.2) is 4.99 Å². The maximum Gasteiger partial charge on any atom is 0.215 e. The highest BCUT2D eigenvalue weighted by Crippen LogP contribution is 1.73. The molecule has 0 atom stereocenters. The van der Waals surface area contributed by atoms with Gasteiger partial charge in [-0.25, -0.2) is 0 Å². The summed E-state index contributed by atoms with van der Waals surface area (Å²) in [5.41, 5.74) is 10.2. The van der Waals surface area contributed by atoms with Crippen LogP contribution in [-0.4, -0.2) is 43.1 Å². The van der Waals surface area contributed by atoms with Crippen molar-refractivity contribution in [1.29, 1.82) is 5.41 Å². The van der Waals surface area contributed by atoms with Gasteiger partial charge in [0.05, 0.1) is 0 Å². The van der Waals surface area contributed by atoms with Crippen molar-refractivity contribution in [2.75, 3.05) is 21.2 Å². The SMILES string of the molecule is CN(C)C(N)=NC(=N)N.CO. The Morgan fingerprint density at radius 3 is 1.82 bits per heavy atom.